The van der Waals surface area contributed by atoms with Crippen molar-refractivity contribution in [1.82, 2.24) is 9.29 Å². The predicted octanol–water partition coefficient (Wildman–Crippen LogP) is 5.24. The Morgan fingerprint density at radius 3 is 2.34 bits per heavy atom. The lowest BCUT2D eigenvalue weighted by molar-refractivity contribution is 0.102. The van der Waals surface area contributed by atoms with Crippen molar-refractivity contribution in [2.24, 2.45) is 0 Å². The number of sulfonamides is 1. The van der Waals surface area contributed by atoms with Crippen LogP contribution in [-0.2, 0) is 10.0 Å². The molecule has 4 rings (SSSR count). The summed E-state index contributed by atoms with van der Waals surface area (Å²) in [4.78, 5) is 17.4. The molecule has 0 saturated carbocycles. The van der Waals surface area contributed by atoms with Crippen LogP contribution in [0.5, 0.6) is 0 Å². The third-order valence-electron chi connectivity index (χ3n) is 5.70. The van der Waals surface area contributed by atoms with Gasteiger partial charge in [-0.3, -0.25) is 10.1 Å². The molecule has 1 aromatic heterocycles. The molecule has 8 heteroatoms. The molecular weight excluding hydrogens is 442 g/mol. The highest BCUT2D eigenvalue weighted by atomic mass is 32.2. The Kier molecular flexibility index (Phi) is 6.74. The Morgan fingerprint density at radius 2 is 1.69 bits per heavy atom. The van der Waals surface area contributed by atoms with E-state index in [1.165, 1.54) is 29.0 Å². The third-order valence-corrected chi connectivity index (χ3v) is 8.37. The van der Waals surface area contributed by atoms with Gasteiger partial charge in [0, 0.05) is 29.6 Å². The largest absolute Gasteiger partial charge is 0.298 e. The SMILES string of the molecule is Cc1ccc(-c2csc(NC(=O)c3ccc(S(=O)(=O)N4CCCCCC4)cc3)n2)c(C)c1. The van der Waals surface area contributed by atoms with Crippen LogP contribution in [0.15, 0.2) is 52.7 Å². The first-order valence-corrected chi connectivity index (χ1v) is 13.1. The number of hydrogen-bond acceptors (Lipinski definition) is 5. The van der Waals surface area contributed by atoms with Crippen molar-refractivity contribution < 1.29 is 13.2 Å². The molecule has 0 atom stereocenters. The summed E-state index contributed by atoms with van der Waals surface area (Å²) in [6, 6.07) is 12.3. The minimum Gasteiger partial charge on any atom is -0.298 e. The molecular formula is C24H27N3O3S2. The van der Waals surface area contributed by atoms with Gasteiger partial charge in [0.25, 0.3) is 5.91 Å². The zero-order valence-electron chi connectivity index (χ0n) is 18.3. The van der Waals surface area contributed by atoms with Gasteiger partial charge in [-0.15, -0.1) is 11.3 Å². The summed E-state index contributed by atoms with van der Waals surface area (Å²) < 4.78 is 27.4. The van der Waals surface area contributed by atoms with Gasteiger partial charge in [0.1, 0.15) is 0 Å². The Bertz CT molecular complexity index is 1210. The van der Waals surface area contributed by atoms with Crippen LogP contribution in [0.2, 0.25) is 0 Å². The number of benzene rings is 2. The number of aryl methyl sites for hydroxylation is 2. The van der Waals surface area contributed by atoms with E-state index in [-0.39, 0.29) is 10.8 Å². The molecule has 1 saturated heterocycles. The predicted molar refractivity (Wildman–Crippen MR) is 129 cm³/mol. The number of amides is 1. The molecule has 0 aliphatic carbocycles. The van der Waals surface area contributed by atoms with E-state index < -0.39 is 10.0 Å². The second-order valence-electron chi connectivity index (χ2n) is 8.15. The van der Waals surface area contributed by atoms with Gasteiger partial charge in [-0.25, -0.2) is 13.4 Å². The van der Waals surface area contributed by atoms with Crippen molar-refractivity contribution in [2.45, 2.75) is 44.4 Å². The molecule has 1 N–H and O–H groups in total. The monoisotopic (exact) mass is 469 g/mol. The minimum atomic E-state index is -3.53. The second kappa shape index (κ2) is 9.52. The van der Waals surface area contributed by atoms with Gasteiger partial charge in [0.15, 0.2) is 5.13 Å². The molecule has 0 unspecified atom stereocenters. The number of carbonyl (C=O) groups is 1. The molecule has 2 heterocycles. The molecule has 1 aliphatic heterocycles. The van der Waals surface area contributed by atoms with Gasteiger partial charge in [-0.2, -0.15) is 4.31 Å². The number of carbonyl (C=O) groups excluding carboxylic acids is 1. The molecule has 168 valence electrons. The van der Waals surface area contributed by atoms with Gasteiger partial charge >= 0.3 is 0 Å². The summed E-state index contributed by atoms with van der Waals surface area (Å²) in [5.41, 5.74) is 4.57. The van der Waals surface area contributed by atoms with E-state index in [1.807, 2.05) is 31.4 Å². The van der Waals surface area contributed by atoms with Crippen molar-refractivity contribution >= 4 is 32.4 Å². The van der Waals surface area contributed by atoms with E-state index in [1.54, 1.807) is 16.4 Å². The average Bonchev–Trinajstić information content (AvgIpc) is 3.04. The molecule has 6 nitrogen and oxygen atoms in total. The van der Waals surface area contributed by atoms with E-state index in [4.69, 9.17) is 0 Å². The first-order chi connectivity index (χ1) is 15.3. The lowest BCUT2D eigenvalue weighted by atomic mass is 10.0. The number of rotatable bonds is 5. The van der Waals surface area contributed by atoms with E-state index in [2.05, 4.69) is 16.4 Å². The van der Waals surface area contributed by atoms with Crippen LogP contribution in [0.4, 0.5) is 5.13 Å². The van der Waals surface area contributed by atoms with E-state index in [0.717, 1.165) is 42.5 Å². The van der Waals surface area contributed by atoms with Gasteiger partial charge in [-0.1, -0.05) is 36.6 Å². The van der Waals surface area contributed by atoms with Gasteiger partial charge < -0.3 is 0 Å². The Morgan fingerprint density at radius 1 is 1.00 bits per heavy atom. The Balaban J connectivity index is 1.46. The van der Waals surface area contributed by atoms with Gasteiger partial charge in [0.2, 0.25) is 10.0 Å². The van der Waals surface area contributed by atoms with E-state index >= 15 is 0 Å². The van der Waals surface area contributed by atoms with Crippen molar-refractivity contribution in [3.8, 4) is 11.3 Å². The topological polar surface area (TPSA) is 79.4 Å². The number of nitrogens with zero attached hydrogens (tertiary/aromatic N) is 2. The summed E-state index contributed by atoms with van der Waals surface area (Å²) in [7, 11) is -3.53. The zero-order chi connectivity index (χ0) is 22.7. The van der Waals surface area contributed by atoms with E-state index in [0.29, 0.717) is 23.8 Å². The van der Waals surface area contributed by atoms with Crippen molar-refractivity contribution in [3.05, 3.63) is 64.5 Å². The number of anilines is 1. The van der Waals surface area contributed by atoms with Crippen LogP contribution in [-0.4, -0.2) is 36.7 Å². The normalized spacial score (nSPS) is 15.3. The minimum absolute atomic E-state index is 0.224. The molecule has 3 aromatic rings. The average molecular weight is 470 g/mol. The van der Waals surface area contributed by atoms with Crippen LogP contribution in [0, 0.1) is 13.8 Å². The van der Waals surface area contributed by atoms with Crippen molar-refractivity contribution in [2.75, 3.05) is 18.4 Å². The molecule has 32 heavy (non-hydrogen) atoms. The third kappa shape index (κ3) is 4.92. The quantitative estimate of drug-likeness (QED) is 0.554. The van der Waals surface area contributed by atoms with Gasteiger partial charge in [-0.05, 0) is 56.5 Å². The fraction of sp³-hybridized carbons (Fsp3) is 0.333. The number of thiazole rings is 1. The van der Waals surface area contributed by atoms with Crippen LogP contribution in [0.25, 0.3) is 11.3 Å². The van der Waals surface area contributed by atoms with Crippen LogP contribution in [0.1, 0.15) is 47.2 Å². The summed E-state index contributed by atoms with van der Waals surface area (Å²) in [5, 5.41) is 5.24. The molecule has 0 bridgehead atoms. The lowest BCUT2D eigenvalue weighted by Gasteiger charge is -2.20. The molecule has 1 amide bonds. The summed E-state index contributed by atoms with van der Waals surface area (Å²) in [5.74, 6) is -0.315. The highest BCUT2D eigenvalue weighted by Crippen LogP contribution is 2.28. The maximum atomic E-state index is 12.9. The summed E-state index contributed by atoms with van der Waals surface area (Å²) >= 11 is 1.36. The van der Waals surface area contributed by atoms with E-state index in [9.17, 15) is 13.2 Å². The molecule has 1 aliphatic rings. The number of nitrogens with one attached hydrogen (secondary N) is 1. The summed E-state index contributed by atoms with van der Waals surface area (Å²) in [6.45, 7) is 5.20. The van der Waals surface area contributed by atoms with Crippen LogP contribution in [0.3, 0.4) is 0 Å². The maximum absolute atomic E-state index is 12.9. The van der Waals surface area contributed by atoms with Gasteiger partial charge in [0.05, 0.1) is 10.6 Å². The van der Waals surface area contributed by atoms with Crippen LogP contribution >= 0.6 is 11.3 Å². The first kappa shape index (κ1) is 22.6. The molecule has 0 radical (unpaired) electrons. The maximum Gasteiger partial charge on any atom is 0.257 e. The first-order valence-electron chi connectivity index (χ1n) is 10.8. The van der Waals surface area contributed by atoms with Crippen molar-refractivity contribution in [3.63, 3.8) is 0 Å². The fourth-order valence-corrected chi connectivity index (χ4v) is 6.16. The molecule has 0 spiro atoms. The Hall–Kier alpha value is -2.55. The fourth-order valence-electron chi connectivity index (χ4n) is 3.93. The standard InChI is InChI=1S/C24H27N3O3S2/c1-17-7-12-21(18(2)15-17)22-16-31-24(25-22)26-23(28)19-8-10-20(11-9-19)32(29,30)27-13-5-3-4-6-14-27/h7-12,15-16H,3-6,13-14H2,1-2H3,(H,25,26,28). The number of hydrogen-bond donors (Lipinski definition) is 1. The molecule has 1 fully saturated rings. The Labute approximate surface area is 193 Å². The smallest absolute Gasteiger partial charge is 0.257 e. The zero-order valence-corrected chi connectivity index (χ0v) is 19.9. The summed E-state index contributed by atoms with van der Waals surface area (Å²) in [6.07, 6.45) is 3.90. The highest BCUT2D eigenvalue weighted by Gasteiger charge is 2.25. The van der Waals surface area contributed by atoms with Crippen LogP contribution < -0.4 is 5.32 Å². The highest BCUT2D eigenvalue weighted by molar-refractivity contribution is 7.89. The second-order valence-corrected chi connectivity index (χ2v) is 10.9. The molecule has 2 aromatic carbocycles. The number of aromatic nitrogens is 1. The van der Waals surface area contributed by atoms with Crippen molar-refractivity contribution in [1.29, 1.82) is 0 Å². The lowest BCUT2D eigenvalue weighted by Crippen LogP contribution is -2.31.